The lowest BCUT2D eigenvalue weighted by Crippen LogP contribution is -2.56. The molecule has 2 aromatic rings. The molecule has 3 rings (SSSR count). The van der Waals surface area contributed by atoms with Gasteiger partial charge in [0.05, 0.1) is 6.54 Å². The molecular weight excluding hydrogens is 320 g/mol. The Balaban J connectivity index is 1.72. The van der Waals surface area contributed by atoms with Crippen molar-refractivity contribution in [2.75, 3.05) is 24.5 Å². The van der Waals surface area contributed by atoms with Crippen LogP contribution in [0.15, 0.2) is 17.8 Å². The number of nitrogens with one attached hydrogen (secondary N) is 1. The third-order valence-electron chi connectivity index (χ3n) is 3.70. The number of rotatable bonds is 5. The number of piperazine rings is 1. The van der Waals surface area contributed by atoms with Crippen LogP contribution in [0.1, 0.15) is 16.3 Å². The molecule has 1 aliphatic rings. The minimum absolute atomic E-state index is 0.204. The molecule has 0 radical (unpaired) electrons. The van der Waals surface area contributed by atoms with Crippen LogP contribution in [0.4, 0.5) is 5.13 Å². The summed E-state index contributed by atoms with van der Waals surface area (Å²) in [4.78, 5) is 37.7. The maximum Gasteiger partial charge on any atom is 0.322 e. The summed E-state index contributed by atoms with van der Waals surface area (Å²) in [6.07, 6.45) is 3.35. The lowest BCUT2D eigenvalue weighted by atomic mass is 10.1. The Bertz CT molecular complexity index is 700. The van der Waals surface area contributed by atoms with Gasteiger partial charge in [0.1, 0.15) is 17.6 Å². The number of hydrogen-bond donors (Lipinski definition) is 3. The van der Waals surface area contributed by atoms with Crippen LogP contribution >= 0.6 is 11.3 Å². The molecule has 122 valence electrons. The standard InChI is InChI=1S/C13H16N6O3S/c14-11(20)8-7-23-13(17-8)19-4-3-18(9(5-19)12(21)22)6-10-15-1-2-16-10/h1-2,7,9H,3-6H2,(H2,14,20)(H,15,16)(H,21,22). The molecule has 10 heteroatoms. The summed E-state index contributed by atoms with van der Waals surface area (Å²) in [5.41, 5.74) is 5.41. The zero-order chi connectivity index (χ0) is 16.4. The van der Waals surface area contributed by atoms with Crippen LogP contribution in [-0.4, -0.2) is 62.5 Å². The number of carbonyl (C=O) groups excluding carboxylic acids is 1. The summed E-state index contributed by atoms with van der Waals surface area (Å²) in [6.45, 7) is 1.92. The fourth-order valence-electron chi connectivity index (χ4n) is 2.52. The Kier molecular flexibility index (Phi) is 4.26. The summed E-state index contributed by atoms with van der Waals surface area (Å²) in [7, 11) is 0. The van der Waals surface area contributed by atoms with Crippen molar-refractivity contribution >= 4 is 28.3 Å². The summed E-state index contributed by atoms with van der Waals surface area (Å²) in [5, 5.41) is 11.7. The van der Waals surface area contributed by atoms with Gasteiger partial charge >= 0.3 is 5.97 Å². The average molecular weight is 336 g/mol. The van der Waals surface area contributed by atoms with E-state index in [-0.39, 0.29) is 5.69 Å². The molecule has 1 aliphatic heterocycles. The molecule has 1 fully saturated rings. The smallest absolute Gasteiger partial charge is 0.322 e. The van der Waals surface area contributed by atoms with Crippen molar-refractivity contribution in [1.82, 2.24) is 19.9 Å². The van der Waals surface area contributed by atoms with Crippen LogP contribution in [0, 0.1) is 0 Å². The van der Waals surface area contributed by atoms with Gasteiger partial charge in [-0.05, 0) is 0 Å². The Labute approximate surface area is 135 Å². The van der Waals surface area contributed by atoms with Gasteiger partial charge < -0.3 is 20.7 Å². The number of primary amides is 1. The van der Waals surface area contributed by atoms with Gasteiger partial charge in [0.15, 0.2) is 5.13 Å². The molecule has 2 aromatic heterocycles. The summed E-state index contributed by atoms with van der Waals surface area (Å²) in [5.74, 6) is -0.748. The lowest BCUT2D eigenvalue weighted by Gasteiger charge is -2.38. The molecule has 0 aliphatic carbocycles. The van der Waals surface area contributed by atoms with Gasteiger partial charge in [-0.15, -0.1) is 11.3 Å². The van der Waals surface area contributed by atoms with E-state index in [2.05, 4.69) is 15.0 Å². The number of carboxylic acids is 1. The van der Waals surface area contributed by atoms with E-state index >= 15 is 0 Å². The normalized spacial score (nSPS) is 19.0. The molecule has 0 bridgehead atoms. The maximum atomic E-state index is 11.6. The Morgan fingerprint density at radius 3 is 2.91 bits per heavy atom. The molecule has 1 atom stereocenters. The van der Waals surface area contributed by atoms with Crippen LogP contribution in [-0.2, 0) is 11.3 Å². The lowest BCUT2D eigenvalue weighted by molar-refractivity contribution is -0.143. The molecule has 0 aromatic carbocycles. The molecule has 3 heterocycles. The van der Waals surface area contributed by atoms with Crippen molar-refractivity contribution in [3.63, 3.8) is 0 Å². The second kappa shape index (κ2) is 6.34. The monoisotopic (exact) mass is 336 g/mol. The second-order valence-corrected chi connectivity index (χ2v) is 6.02. The highest BCUT2D eigenvalue weighted by atomic mass is 32.1. The first-order valence-corrected chi connectivity index (χ1v) is 7.88. The van der Waals surface area contributed by atoms with E-state index in [4.69, 9.17) is 5.73 Å². The molecule has 0 saturated carbocycles. The number of carboxylic acid groups (broad SMARTS) is 1. The number of nitrogens with two attached hydrogens (primary N) is 1. The first kappa shape index (κ1) is 15.4. The maximum absolute atomic E-state index is 11.6. The summed E-state index contributed by atoms with van der Waals surface area (Å²) in [6, 6.07) is -0.672. The number of anilines is 1. The number of aliphatic carboxylic acids is 1. The summed E-state index contributed by atoms with van der Waals surface area (Å²) < 4.78 is 0. The van der Waals surface area contributed by atoms with E-state index in [1.54, 1.807) is 17.8 Å². The molecular formula is C13H16N6O3S. The van der Waals surface area contributed by atoms with E-state index in [0.29, 0.717) is 31.3 Å². The third-order valence-corrected chi connectivity index (χ3v) is 4.60. The van der Waals surface area contributed by atoms with E-state index in [1.807, 2.05) is 9.80 Å². The van der Waals surface area contributed by atoms with Crippen molar-refractivity contribution in [3.8, 4) is 0 Å². The van der Waals surface area contributed by atoms with E-state index in [0.717, 1.165) is 5.82 Å². The van der Waals surface area contributed by atoms with Crippen LogP contribution < -0.4 is 10.6 Å². The van der Waals surface area contributed by atoms with E-state index in [9.17, 15) is 14.7 Å². The Morgan fingerprint density at radius 2 is 2.30 bits per heavy atom. The first-order chi connectivity index (χ1) is 11.0. The van der Waals surface area contributed by atoms with Crippen LogP contribution in [0.5, 0.6) is 0 Å². The second-order valence-electron chi connectivity index (χ2n) is 5.19. The number of imidazole rings is 1. The molecule has 0 spiro atoms. The Hall–Kier alpha value is -2.46. The largest absolute Gasteiger partial charge is 0.480 e. The zero-order valence-corrected chi connectivity index (χ0v) is 13.0. The highest BCUT2D eigenvalue weighted by Gasteiger charge is 2.33. The van der Waals surface area contributed by atoms with Gasteiger partial charge in [-0.3, -0.25) is 14.5 Å². The van der Waals surface area contributed by atoms with Crippen LogP contribution in [0.25, 0.3) is 0 Å². The topological polar surface area (TPSA) is 128 Å². The highest BCUT2D eigenvalue weighted by Crippen LogP contribution is 2.24. The number of aromatic nitrogens is 3. The van der Waals surface area contributed by atoms with Gasteiger partial charge in [0.25, 0.3) is 5.91 Å². The molecule has 4 N–H and O–H groups in total. The van der Waals surface area contributed by atoms with Crippen molar-refractivity contribution in [2.45, 2.75) is 12.6 Å². The SMILES string of the molecule is NC(=O)c1csc(N2CCN(Cc3ncc[nH]3)C(C(=O)O)C2)n1. The van der Waals surface area contributed by atoms with E-state index in [1.165, 1.54) is 11.3 Å². The van der Waals surface area contributed by atoms with Crippen LogP contribution in [0.3, 0.4) is 0 Å². The minimum atomic E-state index is -0.895. The highest BCUT2D eigenvalue weighted by molar-refractivity contribution is 7.13. The number of nitrogens with zero attached hydrogens (tertiary/aromatic N) is 4. The molecule has 23 heavy (non-hydrogen) atoms. The van der Waals surface area contributed by atoms with Crippen molar-refractivity contribution < 1.29 is 14.7 Å². The predicted octanol–water partition coefficient (Wildman–Crippen LogP) is -0.260. The average Bonchev–Trinajstić information content (AvgIpc) is 3.18. The van der Waals surface area contributed by atoms with Gasteiger partial charge in [0, 0.05) is 37.4 Å². The number of H-pyrrole nitrogens is 1. The van der Waals surface area contributed by atoms with Gasteiger partial charge in [-0.2, -0.15) is 0 Å². The fourth-order valence-corrected chi connectivity index (χ4v) is 3.37. The number of thiazole rings is 1. The first-order valence-electron chi connectivity index (χ1n) is 7.00. The van der Waals surface area contributed by atoms with Crippen molar-refractivity contribution in [1.29, 1.82) is 0 Å². The Morgan fingerprint density at radius 1 is 1.48 bits per heavy atom. The predicted molar refractivity (Wildman–Crippen MR) is 83.3 cm³/mol. The molecule has 9 nitrogen and oxygen atoms in total. The number of amides is 1. The van der Waals surface area contributed by atoms with Crippen molar-refractivity contribution in [3.05, 3.63) is 29.3 Å². The van der Waals surface area contributed by atoms with Crippen molar-refractivity contribution in [2.24, 2.45) is 5.73 Å². The third kappa shape index (κ3) is 3.32. The summed E-state index contributed by atoms with van der Waals surface area (Å²) >= 11 is 1.29. The number of aromatic amines is 1. The number of hydrogen-bond acceptors (Lipinski definition) is 7. The quantitative estimate of drug-likeness (QED) is 0.686. The number of carbonyl (C=O) groups is 2. The van der Waals surface area contributed by atoms with E-state index < -0.39 is 17.9 Å². The van der Waals surface area contributed by atoms with Gasteiger partial charge in [0.2, 0.25) is 0 Å². The van der Waals surface area contributed by atoms with Gasteiger partial charge in [-0.25, -0.2) is 9.97 Å². The van der Waals surface area contributed by atoms with Gasteiger partial charge in [-0.1, -0.05) is 0 Å². The molecule has 1 amide bonds. The van der Waals surface area contributed by atoms with Crippen LogP contribution in [0.2, 0.25) is 0 Å². The fraction of sp³-hybridized carbons (Fsp3) is 0.385. The molecule has 1 unspecified atom stereocenters. The molecule has 1 saturated heterocycles. The minimum Gasteiger partial charge on any atom is -0.480 e. The zero-order valence-electron chi connectivity index (χ0n) is 12.2.